The average molecular weight is 195 g/mol. The van der Waals surface area contributed by atoms with Crippen LogP contribution in [0.5, 0.6) is 0 Å². The second-order valence-electron chi connectivity index (χ2n) is 2.66. The van der Waals surface area contributed by atoms with Crippen molar-refractivity contribution in [2.45, 2.75) is 6.61 Å². The highest BCUT2D eigenvalue weighted by atomic mass is 32.1. The molecule has 0 atom stereocenters. The molecule has 0 unspecified atom stereocenters. The van der Waals surface area contributed by atoms with E-state index in [1.54, 1.807) is 10.9 Å². The molecule has 0 spiro atoms. The molecular formula is C8H9N3OS. The number of aliphatic hydroxyl groups is 1. The third-order valence-corrected chi connectivity index (χ3v) is 2.65. The monoisotopic (exact) mass is 195 g/mol. The first kappa shape index (κ1) is 8.40. The molecule has 0 aromatic carbocycles. The van der Waals surface area contributed by atoms with Crippen molar-refractivity contribution in [3.63, 3.8) is 0 Å². The predicted octanol–water partition coefficient (Wildman–Crippen LogP) is 1.04. The van der Waals surface area contributed by atoms with Gasteiger partial charge in [-0.15, -0.1) is 11.3 Å². The Labute approximate surface area is 79.5 Å². The van der Waals surface area contributed by atoms with Crippen molar-refractivity contribution in [1.82, 2.24) is 14.8 Å². The predicted molar refractivity (Wildman–Crippen MR) is 50.2 cm³/mol. The summed E-state index contributed by atoms with van der Waals surface area (Å²) in [5.74, 6) is 0. The van der Waals surface area contributed by atoms with Gasteiger partial charge in [0, 0.05) is 19.4 Å². The Morgan fingerprint density at radius 2 is 2.46 bits per heavy atom. The summed E-state index contributed by atoms with van der Waals surface area (Å²) >= 11 is 1.46. The van der Waals surface area contributed by atoms with Gasteiger partial charge in [0.15, 0.2) is 0 Å². The van der Waals surface area contributed by atoms with Gasteiger partial charge in [0.05, 0.1) is 11.5 Å². The Kier molecular flexibility index (Phi) is 2.12. The molecule has 0 bridgehead atoms. The lowest BCUT2D eigenvalue weighted by molar-refractivity contribution is 0.285. The quantitative estimate of drug-likeness (QED) is 0.778. The second-order valence-corrected chi connectivity index (χ2v) is 3.78. The molecule has 0 aliphatic rings. The number of hydrogen-bond donors (Lipinski definition) is 1. The Balaban J connectivity index is 2.35. The van der Waals surface area contributed by atoms with Crippen LogP contribution in [0.25, 0.3) is 10.7 Å². The minimum absolute atomic E-state index is 0.0461. The highest BCUT2D eigenvalue weighted by Crippen LogP contribution is 2.22. The summed E-state index contributed by atoms with van der Waals surface area (Å²) in [6.45, 7) is 0.0461. The maximum Gasteiger partial charge on any atom is 0.144 e. The molecule has 1 N–H and O–H groups in total. The van der Waals surface area contributed by atoms with Gasteiger partial charge in [-0.1, -0.05) is 0 Å². The molecule has 4 nitrogen and oxygen atoms in total. The number of nitrogens with zero attached hydrogens (tertiary/aromatic N) is 3. The zero-order valence-electron chi connectivity index (χ0n) is 7.14. The van der Waals surface area contributed by atoms with E-state index in [1.165, 1.54) is 11.3 Å². The molecule has 68 valence electrons. The molecule has 2 aromatic rings. The number of hydrogen-bond acceptors (Lipinski definition) is 4. The van der Waals surface area contributed by atoms with Crippen LogP contribution in [0.2, 0.25) is 0 Å². The fourth-order valence-electron chi connectivity index (χ4n) is 1.03. The van der Waals surface area contributed by atoms with Gasteiger partial charge in [-0.05, 0) is 6.07 Å². The molecule has 0 saturated carbocycles. The Hall–Kier alpha value is -1.20. The van der Waals surface area contributed by atoms with Crippen molar-refractivity contribution >= 4 is 11.3 Å². The summed E-state index contributed by atoms with van der Waals surface area (Å²) < 4.78 is 1.73. The van der Waals surface area contributed by atoms with Gasteiger partial charge in [-0.25, -0.2) is 4.98 Å². The largest absolute Gasteiger partial charge is 0.391 e. The van der Waals surface area contributed by atoms with Crippen molar-refractivity contribution in [3.8, 4) is 10.7 Å². The second kappa shape index (κ2) is 3.27. The van der Waals surface area contributed by atoms with E-state index in [0.29, 0.717) is 0 Å². The first-order chi connectivity index (χ1) is 6.29. The van der Waals surface area contributed by atoms with Crippen molar-refractivity contribution in [2.24, 2.45) is 7.05 Å². The molecular weight excluding hydrogens is 186 g/mol. The lowest BCUT2D eigenvalue weighted by Gasteiger charge is -1.86. The van der Waals surface area contributed by atoms with E-state index in [0.717, 1.165) is 15.6 Å². The van der Waals surface area contributed by atoms with E-state index >= 15 is 0 Å². The highest BCUT2D eigenvalue weighted by molar-refractivity contribution is 7.14. The molecule has 2 aromatic heterocycles. The van der Waals surface area contributed by atoms with Gasteiger partial charge >= 0.3 is 0 Å². The van der Waals surface area contributed by atoms with Crippen LogP contribution in [0.4, 0.5) is 0 Å². The number of thiazole rings is 1. The number of aliphatic hydroxyl groups excluding tert-OH is 1. The van der Waals surface area contributed by atoms with Gasteiger partial charge in [0.2, 0.25) is 0 Å². The van der Waals surface area contributed by atoms with Gasteiger partial charge in [0.25, 0.3) is 0 Å². The molecule has 2 rings (SSSR count). The van der Waals surface area contributed by atoms with Gasteiger partial charge in [-0.2, -0.15) is 5.10 Å². The third kappa shape index (κ3) is 1.61. The van der Waals surface area contributed by atoms with Crippen LogP contribution in [0, 0.1) is 0 Å². The van der Waals surface area contributed by atoms with E-state index < -0.39 is 0 Å². The molecule has 0 saturated heterocycles. The topological polar surface area (TPSA) is 50.9 Å². The van der Waals surface area contributed by atoms with Crippen LogP contribution in [-0.2, 0) is 13.7 Å². The molecule has 0 radical (unpaired) electrons. The number of aryl methyl sites for hydroxylation is 1. The number of aromatic nitrogens is 3. The van der Waals surface area contributed by atoms with Crippen molar-refractivity contribution < 1.29 is 5.11 Å². The fourth-order valence-corrected chi connectivity index (χ4v) is 1.77. The molecule has 0 amide bonds. The molecule has 13 heavy (non-hydrogen) atoms. The van der Waals surface area contributed by atoms with E-state index in [2.05, 4.69) is 10.1 Å². The zero-order valence-corrected chi connectivity index (χ0v) is 7.95. The maximum atomic E-state index is 8.85. The first-order valence-electron chi connectivity index (χ1n) is 3.85. The fraction of sp³-hybridized carbons (Fsp3) is 0.250. The van der Waals surface area contributed by atoms with Gasteiger partial charge in [-0.3, -0.25) is 4.68 Å². The summed E-state index contributed by atoms with van der Waals surface area (Å²) in [4.78, 5) is 5.02. The average Bonchev–Trinajstić information content (AvgIpc) is 2.71. The highest BCUT2D eigenvalue weighted by Gasteiger charge is 2.05. The minimum Gasteiger partial charge on any atom is -0.391 e. The van der Waals surface area contributed by atoms with Crippen LogP contribution in [0.3, 0.4) is 0 Å². The Morgan fingerprint density at radius 3 is 3.00 bits per heavy atom. The van der Waals surface area contributed by atoms with E-state index in [9.17, 15) is 0 Å². The molecule has 0 aliphatic heterocycles. The van der Waals surface area contributed by atoms with Crippen molar-refractivity contribution in [3.05, 3.63) is 23.3 Å². The van der Waals surface area contributed by atoms with Crippen LogP contribution in [-0.4, -0.2) is 19.9 Å². The molecule has 5 heteroatoms. The summed E-state index contributed by atoms with van der Waals surface area (Å²) in [5, 5.41) is 13.9. The zero-order chi connectivity index (χ0) is 9.26. The maximum absolute atomic E-state index is 8.85. The van der Waals surface area contributed by atoms with Gasteiger partial charge < -0.3 is 5.11 Å². The first-order valence-corrected chi connectivity index (χ1v) is 4.67. The summed E-state index contributed by atoms with van der Waals surface area (Å²) in [6, 6.07) is 1.90. The van der Waals surface area contributed by atoms with Crippen molar-refractivity contribution in [1.29, 1.82) is 0 Å². The summed E-state index contributed by atoms with van der Waals surface area (Å²) in [6.07, 6.45) is 3.55. The summed E-state index contributed by atoms with van der Waals surface area (Å²) in [7, 11) is 1.87. The van der Waals surface area contributed by atoms with Crippen LogP contribution < -0.4 is 0 Å². The smallest absolute Gasteiger partial charge is 0.144 e. The lowest BCUT2D eigenvalue weighted by Crippen LogP contribution is -1.87. The van der Waals surface area contributed by atoms with E-state index in [1.807, 2.05) is 19.3 Å². The number of rotatable bonds is 2. The lowest BCUT2D eigenvalue weighted by atomic mass is 10.5. The molecule has 0 aliphatic carbocycles. The third-order valence-electron chi connectivity index (χ3n) is 1.64. The Morgan fingerprint density at radius 1 is 1.62 bits per heavy atom. The SMILES string of the molecule is Cn1ccc(-c2ncc(CO)s2)n1. The van der Waals surface area contributed by atoms with Crippen LogP contribution in [0.15, 0.2) is 18.5 Å². The molecule has 0 fully saturated rings. The minimum atomic E-state index is 0.0461. The summed E-state index contributed by atoms with van der Waals surface area (Å²) in [5.41, 5.74) is 0.854. The van der Waals surface area contributed by atoms with Crippen LogP contribution >= 0.6 is 11.3 Å². The Bertz CT molecular complexity index is 407. The normalized spacial score (nSPS) is 10.6. The van der Waals surface area contributed by atoms with Crippen LogP contribution in [0.1, 0.15) is 4.88 Å². The van der Waals surface area contributed by atoms with Crippen molar-refractivity contribution in [2.75, 3.05) is 0 Å². The van der Waals surface area contributed by atoms with Gasteiger partial charge in [0.1, 0.15) is 10.7 Å². The van der Waals surface area contributed by atoms with E-state index in [4.69, 9.17) is 5.11 Å². The molecule has 2 heterocycles. The standard InChI is InChI=1S/C8H9N3OS/c1-11-3-2-7(10-11)8-9-4-6(5-12)13-8/h2-4,12H,5H2,1H3. The van der Waals surface area contributed by atoms with E-state index in [-0.39, 0.29) is 6.61 Å².